The lowest BCUT2D eigenvalue weighted by Gasteiger charge is -2.46. The van der Waals surface area contributed by atoms with Crippen molar-refractivity contribution in [2.24, 2.45) is 5.92 Å². The highest BCUT2D eigenvalue weighted by atomic mass is 16.7. The first-order valence-electron chi connectivity index (χ1n) is 13.7. The van der Waals surface area contributed by atoms with Crippen LogP contribution in [0.5, 0.6) is 5.75 Å². The second-order valence-electron chi connectivity index (χ2n) is 10.2. The standard InChI is InChI=1S/C34H34O6/c1-36-28-19-17-27(18-20-28)34(25-13-7-3-8-14-25,26-15-9-4-10-16-26)39-21-29-30(35)22-37-31-23-38-33(40-32(29)31)24-11-5-2-6-12-24/h2-20,29-33,35H,21-23H2,1H3/t29-,30+,31-,32+,33?/m1/s1. The maximum absolute atomic E-state index is 11.2. The average Bonchev–Trinajstić information content (AvgIpc) is 3.03. The summed E-state index contributed by atoms with van der Waals surface area (Å²) in [5.41, 5.74) is 2.92. The van der Waals surface area contributed by atoms with Crippen molar-refractivity contribution in [3.8, 4) is 5.75 Å². The first-order valence-corrected chi connectivity index (χ1v) is 13.7. The van der Waals surface area contributed by atoms with Gasteiger partial charge in [0.15, 0.2) is 6.29 Å². The third-order valence-electron chi connectivity index (χ3n) is 7.88. The molecule has 40 heavy (non-hydrogen) atoms. The zero-order chi connectivity index (χ0) is 27.4. The number of benzene rings is 4. The number of hydrogen-bond donors (Lipinski definition) is 1. The number of fused-ring (bicyclic) bond motifs is 1. The number of hydrogen-bond acceptors (Lipinski definition) is 6. The number of methoxy groups -OCH3 is 1. The van der Waals surface area contributed by atoms with E-state index in [2.05, 4.69) is 24.3 Å². The largest absolute Gasteiger partial charge is 0.497 e. The van der Waals surface area contributed by atoms with Crippen molar-refractivity contribution in [3.63, 3.8) is 0 Å². The van der Waals surface area contributed by atoms with E-state index in [1.165, 1.54) is 0 Å². The molecule has 4 aromatic carbocycles. The molecule has 2 saturated heterocycles. The second kappa shape index (κ2) is 11.9. The minimum Gasteiger partial charge on any atom is -0.497 e. The number of aliphatic hydroxyl groups excluding tert-OH is 1. The Bertz CT molecular complexity index is 1310. The van der Waals surface area contributed by atoms with Gasteiger partial charge in [0, 0.05) is 11.5 Å². The molecule has 1 N–H and O–H groups in total. The van der Waals surface area contributed by atoms with Crippen LogP contribution in [0.2, 0.25) is 0 Å². The topological polar surface area (TPSA) is 66.4 Å². The summed E-state index contributed by atoms with van der Waals surface area (Å²) < 4.78 is 31.0. The van der Waals surface area contributed by atoms with Gasteiger partial charge in [0.2, 0.25) is 0 Å². The Morgan fingerprint density at radius 1 is 0.725 bits per heavy atom. The van der Waals surface area contributed by atoms with Crippen molar-refractivity contribution < 1.29 is 28.8 Å². The van der Waals surface area contributed by atoms with Crippen molar-refractivity contribution in [1.82, 2.24) is 0 Å². The normalized spacial score (nSPS) is 24.7. The van der Waals surface area contributed by atoms with E-state index in [1.807, 2.05) is 91.0 Å². The molecule has 4 aromatic rings. The summed E-state index contributed by atoms with van der Waals surface area (Å²) in [4.78, 5) is 0. The Balaban J connectivity index is 1.38. The Hall–Kier alpha value is -3.52. The number of ether oxygens (including phenoxy) is 5. The van der Waals surface area contributed by atoms with Crippen LogP contribution in [-0.4, -0.2) is 50.3 Å². The van der Waals surface area contributed by atoms with E-state index in [1.54, 1.807) is 7.11 Å². The molecule has 0 radical (unpaired) electrons. The molecule has 206 valence electrons. The van der Waals surface area contributed by atoms with Crippen LogP contribution in [0.4, 0.5) is 0 Å². The Kier molecular flexibility index (Phi) is 7.96. The fraction of sp³-hybridized carbons (Fsp3) is 0.294. The van der Waals surface area contributed by atoms with Gasteiger partial charge in [-0.25, -0.2) is 0 Å². The molecule has 6 heteroatoms. The molecular formula is C34H34O6. The Labute approximate surface area is 235 Å². The molecule has 1 unspecified atom stereocenters. The van der Waals surface area contributed by atoms with E-state index in [0.29, 0.717) is 6.61 Å². The minimum atomic E-state index is -0.938. The molecular weight excluding hydrogens is 504 g/mol. The highest BCUT2D eigenvalue weighted by Gasteiger charge is 2.47. The summed E-state index contributed by atoms with van der Waals surface area (Å²) in [7, 11) is 1.66. The van der Waals surface area contributed by atoms with Gasteiger partial charge in [-0.15, -0.1) is 0 Å². The fourth-order valence-electron chi connectivity index (χ4n) is 5.76. The SMILES string of the molecule is COc1ccc(C(OC[C@H]2[C@@H]3OC(c4ccccc4)OC[C@H]3OC[C@@H]2O)(c2ccccc2)c2ccccc2)cc1. The second-order valence-corrected chi connectivity index (χ2v) is 10.2. The van der Waals surface area contributed by atoms with Gasteiger partial charge in [0.05, 0.1) is 39.1 Å². The summed E-state index contributed by atoms with van der Waals surface area (Å²) in [6.45, 7) is 0.821. The van der Waals surface area contributed by atoms with Crippen molar-refractivity contribution in [1.29, 1.82) is 0 Å². The average molecular weight is 539 g/mol. The molecule has 0 aromatic heterocycles. The zero-order valence-electron chi connectivity index (χ0n) is 22.5. The molecule has 0 aliphatic carbocycles. The maximum Gasteiger partial charge on any atom is 0.184 e. The summed E-state index contributed by atoms with van der Waals surface area (Å²) in [5.74, 6) is 0.433. The van der Waals surface area contributed by atoms with Crippen LogP contribution in [-0.2, 0) is 24.5 Å². The third kappa shape index (κ3) is 5.17. The van der Waals surface area contributed by atoms with Crippen LogP contribution in [0, 0.1) is 5.92 Å². The molecule has 6 rings (SSSR count). The van der Waals surface area contributed by atoms with Gasteiger partial charge in [-0.1, -0.05) is 103 Å². The van der Waals surface area contributed by atoms with Crippen LogP contribution in [0.15, 0.2) is 115 Å². The van der Waals surface area contributed by atoms with E-state index in [0.717, 1.165) is 28.0 Å². The minimum absolute atomic E-state index is 0.199. The van der Waals surface area contributed by atoms with Crippen molar-refractivity contribution in [3.05, 3.63) is 138 Å². The number of rotatable bonds is 8. The van der Waals surface area contributed by atoms with Crippen LogP contribution in [0.3, 0.4) is 0 Å². The van der Waals surface area contributed by atoms with Crippen LogP contribution >= 0.6 is 0 Å². The Morgan fingerprint density at radius 3 is 1.90 bits per heavy atom. The lowest BCUT2D eigenvalue weighted by Crippen LogP contribution is -2.57. The van der Waals surface area contributed by atoms with Gasteiger partial charge in [0.1, 0.15) is 17.5 Å². The molecule has 5 atom stereocenters. The molecule has 0 spiro atoms. The van der Waals surface area contributed by atoms with E-state index < -0.39 is 24.1 Å². The van der Waals surface area contributed by atoms with Crippen molar-refractivity contribution in [2.75, 3.05) is 26.9 Å². The molecule has 0 amide bonds. The first-order chi connectivity index (χ1) is 19.7. The molecule has 0 saturated carbocycles. The first kappa shape index (κ1) is 26.7. The molecule has 6 nitrogen and oxygen atoms in total. The molecule has 2 heterocycles. The van der Waals surface area contributed by atoms with E-state index >= 15 is 0 Å². The van der Waals surface area contributed by atoms with Crippen molar-refractivity contribution in [2.45, 2.75) is 30.2 Å². The highest BCUT2D eigenvalue weighted by molar-refractivity contribution is 5.48. The number of aliphatic hydroxyl groups is 1. The summed E-state index contributed by atoms with van der Waals surface area (Å²) in [6.07, 6.45) is -1.98. The maximum atomic E-state index is 11.2. The van der Waals surface area contributed by atoms with Gasteiger partial charge in [-0.05, 0) is 28.8 Å². The summed E-state index contributed by atoms with van der Waals surface area (Å²) in [5, 5.41) is 11.2. The lowest BCUT2D eigenvalue weighted by atomic mass is 9.79. The van der Waals surface area contributed by atoms with E-state index in [9.17, 15) is 5.11 Å². The van der Waals surface area contributed by atoms with E-state index in [4.69, 9.17) is 23.7 Å². The zero-order valence-corrected chi connectivity index (χ0v) is 22.5. The molecule has 0 bridgehead atoms. The van der Waals surface area contributed by atoms with Gasteiger partial charge in [0.25, 0.3) is 0 Å². The van der Waals surface area contributed by atoms with Gasteiger partial charge in [-0.2, -0.15) is 0 Å². The van der Waals surface area contributed by atoms with E-state index in [-0.39, 0.29) is 25.2 Å². The molecule has 2 aliphatic heterocycles. The van der Waals surface area contributed by atoms with Crippen molar-refractivity contribution >= 4 is 0 Å². The predicted octanol–water partition coefficient (Wildman–Crippen LogP) is 5.49. The van der Waals surface area contributed by atoms with Gasteiger partial charge >= 0.3 is 0 Å². The quantitative estimate of drug-likeness (QED) is 0.299. The predicted molar refractivity (Wildman–Crippen MR) is 151 cm³/mol. The Morgan fingerprint density at radius 2 is 1.30 bits per heavy atom. The van der Waals surface area contributed by atoms with Gasteiger partial charge < -0.3 is 28.8 Å². The lowest BCUT2D eigenvalue weighted by molar-refractivity contribution is -0.310. The summed E-state index contributed by atoms with van der Waals surface area (Å²) >= 11 is 0. The monoisotopic (exact) mass is 538 g/mol. The molecule has 2 aliphatic rings. The van der Waals surface area contributed by atoms with Gasteiger partial charge in [-0.3, -0.25) is 0 Å². The third-order valence-corrected chi connectivity index (χ3v) is 7.88. The summed E-state index contributed by atoms with van der Waals surface area (Å²) in [6, 6.07) is 38.2. The smallest absolute Gasteiger partial charge is 0.184 e. The highest BCUT2D eigenvalue weighted by Crippen LogP contribution is 2.43. The molecule has 2 fully saturated rings. The fourth-order valence-corrected chi connectivity index (χ4v) is 5.76. The van der Waals surface area contributed by atoms with Crippen LogP contribution in [0.25, 0.3) is 0 Å². The van der Waals surface area contributed by atoms with Crippen LogP contribution in [0.1, 0.15) is 28.5 Å². The van der Waals surface area contributed by atoms with Crippen LogP contribution < -0.4 is 4.74 Å².